The summed E-state index contributed by atoms with van der Waals surface area (Å²) >= 11 is 2.90. The van der Waals surface area contributed by atoms with E-state index in [1.54, 1.807) is 0 Å². The quantitative estimate of drug-likeness (QED) is 0.795. The number of benzene rings is 1. The van der Waals surface area contributed by atoms with Crippen molar-refractivity contribution in [3.05, 3.63) is 28.0 Å². The Balaban J connectivity index is 3.31. The SMILES string of the molecule is CC(=O)c1c(F)ccc(Br)c1OC(F)F. The highest BCUT2D eigenvalue weighted by Crippen LogP contribution is 2.32. The lowest BCUT2D eigenvalue weighted by molar-refractivity contribution is -0.0508. The van der Waals surface area contributed by atoms with Crippen molar-refractivity contribution < 1.29 is 22.7 Å². The second-order valence-electron chi connectivity index (χ2n) is 2.67. The normalized spacial score (nSPS) is 10.5. The van der Waals surface area contributed by atoms with Crippen molar-refractivity contribution in [3.63, 3.8) is 0 Å². The van der Waals surface area contributed by atoms with Gasteiger partial charge in [0, 0.05) is 0 Å². The maximum Gasteiger partial charge on any atom is 0.387 e. The largest absolute Gasteiger partial charge is 0.433 e. The summed E-state index contributed by atoms with van der Waals surface area (Å²) in [5.41, 5.74) is -0.482. The first kappa shape index (κ1) is 12.0. The zero-order valence-corrected chi connectivity index (χ0v) is 9.15. The fourth-order valence-electron chi connectivity index (χ4n) is 1.07. The molecule has 1 aromatic carbocycles. The molecule has 1 rings (SSSR count). The number of carbonyl (C=O) groups is 1. The van der Waals surface area contributed by atoms with Gasteiger partial charge in [-0.15, -0.1) is 0 Å². The Morgan fingerprint density at radius 1 is 1.47 bits per heavy atom. The zero-order valence-electron chi connectivity index (χ0n) is 7.56. The Labute approximate surface area is 92.2 Å². The molecule has 0 unspecified atom stereocenters. The highest BCUT2D eigenvalue weighted by Gasteiger charge is 2.20. The van der Waals surface area contributed by atoms with E-state index in [2.05, 4.69) is 20.7 Å². The van der Waals surface area contributed by atoms with E-state index in [0.29, 0.717) is 0 Å². The van der Waals surface area contributed by atoms with Crippen LogP contribution in [0.1, 0.15) is 17.3 Å². The molecule has 0 saturated heterocycles. The van der Waals surface area contributed by atoms with Crippen LogP contribution in [0.5, 0.6) is 5.75 Å². The molecule has 1 aromatic rings. The molecule has 2 nitrogen and oxygen atoms in total. The van der Waals surface area contributed by atoms with E-state index in [-0.39, 0.29) is 4.47 Å². The summed E-state index contributed by atoms with van der Waals surface area (Å²) in [7, 11) is 0. The smallest absolute Gasteiger partial charge is 0.387 e. The van der Waals surface area contributed by atoms with Gasteiger partial charge in [-0.1, -0.05) is 0 Å². The van der Waals surface area contributed by atoms with Crippen LogP contribution >= 0.6 is 15.9 Å². The predicted molar refractivity (Wildman–Crippen MR) is 50.7 cm³/mol. The number of rotatable bonds is 3. The molecule has 0 radical (unpaired) electrons. The fourth-order valence-corrected chi connectivity index (χ4v) is 1.49. The minimum absolute atomic E-state index is 0.106. The van der Waals surface area contributed by atoms with Crippen LogP contribution in [0.25, 0.3) is 0 Å². The van der Waals surface area contributed by atoms with Gasteiger partial charge < -0.3 is 4.74 Å². The Morgan fingerprint density at radius 2 is 2.07 bits per heavy atom. The molecule has 0 aliphatic carbocycles. The highest BCUT2D eigenvalue weighted by molar-refractivity contribution is 9.10. The van der Waals surface area contributed by atoms with Crippen molar-refractivity contribution in [3.8, 4) is 5.75 Å². The standard InChI is InChI=1S/C9H6BrF3O2/c1-4(14)7-6(11)3-2-5(10)8(7)15-9(12)13/h2-3,9H,1H3. The van der Waals surface area contributed by atoms with E-state index in [4.69, 9.17) is 0 Å². The number of ether oxygens (including phenoxy) is 1. The van der Waals surface area contributed by atoms with Crippen molar-refractivity contribution in [1.82, 2.24) is 0 Å². The molecule has 0 fully saturated rings. The Bertz CT molecular complexity index is 393. The van der Waals surface area contributed by atoms with Gasteiger partial charge in [0.05, 0.1) is 10.0 Å². The zero-order chi connectivity index (χ0) is 11.6. The van der Waals surface area contributed by atoms with E-state index in [1.165, 1.54) is 6.07 Å². The number of hydrogen-bond acceptors (Lipinski definition) is 2. The number of Topliss-reactive ketones (excluding diaryl/α,β-unsaturated/α-hetero) is 1. The highest BCUT2D eigenvalue weighted by atomic mass is 79.9. The minimum Gasteiger partial charge on any atom is -0.433 e. The van der Waals surface area contributed by atoms with Crippen LogP contribution in [0.3, 0.4) is 0 Å². The van der Waals surface area contributed by atoms with Crippen LogP contribution in [-0.4, -0.2) is 12.4 Å². The predicted octanol–water partition coefficient (Wildman–Crippen LogP) is 3.39. The summed E-state index contributed by atoms with van der Waals surface area (Å²) in [5, 5.41) is 0. The monoisotopic (exact) mass is 282 g/mol. The van der Waals surface area contributed by atoms with Gasteiger partial charge in [0.2, 0.25) is 0 Å². The van der Waals surface area contributed by atoms with E-state index in [9.17, 15) is 18.0 Å². The van der Waals surface area contributed by atoms with Crippen molar-refractivity contribution >= 4 is 21.7 Å². The molecule has 0 aromatic heterocycles. The number of alkyl halides is 2. The summed E-state index contributed by atoms with van der Waals surface area (Å²) in [6.45, 7) is -2.04. The van der Waals surface area contributed by atoms with Crippen LogP contribution in [0.4, 0.5) is 13.2 Å². The molecular formula is C9H6BrF3O2. The third-order valence-electron chi connectivity index (χ3n) is 1.62. The Kier molecular flexibility index (Phi) is 3.73. The number of carbonyl (C=O) groups excluding carboxylic acids is 1. The summed E-state index contributed by atoms with van der Waals surface area (Å²) < 4.78 is 41.3. The summed E-state index contributed by atoms with van der Waals surface area (Å²) in [5.74, 6) is -2.04. The Morgan fingerprint density at radius 3 is 2.53 bits per heavy atom. The second kappa shape index (κ2) is 4.65. The van der Waals surface area contributed by atoms with E-state index >= 15 is 0 Å². The van der Waals surface area contributed by atoms with Crippen LogP contribution in [0, 0.1) is 5.82 Å². The molecule has 15 heavy (non-hydrogen) atoms. The van der Waals surface area contributed by atoms with Gasteiger partial charge in [0.1, 0.15) is 5.82 Å². The first-order chi connectivity index (χ1) is 6.93. The molecule has 0 aliphatic heterocycles. The average molecular weight is 283 g/mol. The van der Waals surface area contributed by atoms with Crippen molar-refractivity contribution in [2.75, 3.05) is 0 Å². The average Bonchev–Trinajstić information content (AvgIpc) is 2.10. The van der Waals surface area contributed by atoms with Crippen LogP contribution in [0.15, 0.2) is 16.6 Å². The lowest BCUT2D eigenvalue weighted by atomic mass is 10.1. The molecule has 0 N–H and O–H groups in total. The van der Waals surface area contributed by atoms with Crippen LogP contribution < -0.4 is 4.74 Å². The molecule has 6 heteroatoms. The van der Waals surface area contributed by atoms with Crippen molar-refractivity contribution in [2.45, 2.75) is 13.5 Å². The van der Waals surface area contributed by atoms with Crippen molar-refractivity contribution in [1.29, 1.82) is 0 Å². The lowest BCUT2D eigenvalue weighted by Crippen LogP contribution is -2.09. The Hall–Kier alpha value is -1.04. The van der Waals surface area contributed by atoms with Gasteiger partial charge in [-0.25, -0.2) is 4.39 Å². The van der Waals surface area contributed by atoms with E-state index in [1.807, 2.05) is 0 Å². The molecule has 0 heterocycles. The summed E-state index contributed by atoms with van der Waals surface area (Å²) in [6.07, 6.45) is 0. The van der Waals surface area contributed by atoms with E-state index in [0.717, 1.165) is 13.0 Å². The molecule has 0 atom stereocenters. The molecule has 0 bridgehead atoms. The van der Waals surface area contributed by atoms with Crippen molar-refractivity contribution in [2.24, 2.45) is 0 Å². The van der Waals surface area contributed by atoms with Crippen LogP contribution in [-0.2, 0) is 0 Å². The lowest BCUT2D eigenvalue weighted by Gasteiger charge is -2.11. The molecule has 0 spiro atoms. The first-order valence-corrected chi connectivity index (χ1v) is 4.66. The number of ketones is 1. The third-order valence-corrected chi connectivity index (χ3v) is 2.24. The summed E-state index contributed by atoms with van der Waals surface area (Å²) in [4.78, 5) is 11.0. The third kappa shape index (κ3) is 2.71. The number of hydrogen-bond donors (Lipinski definition) is 0. The van der Waals surface area contributed by atoms with Gasteiger partial charge in [0.15, 0.2) is 11.5 Å². The molecule has 0 aliphatic rings. The first-order valence-electron chi connectivity index (χ1n) is 3.87. The molecule has 0 saturated carbocycles. The maximum atomic E-state index is 13.2. The second-order valence-corrected chi connectivity index (χ2v) is 3.52. The summed E-state index contributed by atoms with van der Waals surface area (Å²) in [6, 6.07) is 2.19. The molecular weight excluding hydrogens is 277 g/mol. The fraction of sp³-hybridized carbons (Fsp3) is 0.222. The topological polar surface area (TPSA) is 26.3 Å². The van der Waals surface area contributed by atoms with Gasteiger partial charge in [0.25, 0.3) is 0 Å². The van der Waals surface area contributed by atoms with Gasteiger partial charge >= 0.3 is 6.61 Å². The van der Waals surface area contributed by atoms with Gasteiger partial charge in [-0.3, -0.25) is 4.79 Å². The van der Waals surface area contributed by atoms with Gasteiger partial charge in [-0.2, -0.15) is 8.78 Å². The van der Waals surface area contributed by atoms with Gasteiger partial charge in [-0.05, 0) is 35.0 Å². The minimum atomic E-state index is -3.11. The molecule has 0 amide bonds. The maximum absolute atomic E-state index is 13.2. The number of halogens is 4. The van der Waals surface area contributed by atoms with E-state index < -0.39 is 29.5 Å². The van der Waals surface area contributed by atoms with Crippen LogP contribution in [0.2, 0.25) is 0 Å². The molecule has 82 valence electrons.